The number of rotatable bonds is 5. The van der Waals surface area contributed by atoms with Crippen molar-refractivity contribution in [2.24, 2.45) is 5.92 Å². The maximum Gasteiger partial charge on any atom is 0.328 e. The van der Waals surface area contributed by atoms with Crippen LogP contribution < -0.4 is 5.32 Å². The maximum absolute atomic E-state index is 12.0. The Kier molecular flexibility index (Phi) is 5.36. The summed E-state index contributed by atoms with van der Waals surface area (Å²) < 4.78 is 4.67. The molecule has 0 aromatic heterocycles. The number of hydrogen-bond acceptors (Lipinski definition) is 4. The van der Waals surface area contributed by atoms with Gasteiger partial charge in [0.2, 0.25) is 0 Å². The average Bonchev–Trinajstić information content (AvgIpc) is 2.36. The van der Waals surface area contributed by atoms with Crippen molar-refractivity contribution in [3.8, 4) is 5.75 Å². The van der Waals surface area contributed by atoms with Crippen LogP contribution in [0.3, 0.4) is 0 Å². The van der Waals surface area contributed by atoms with Crippen molar-refractivity contribution < 1.29 is 19.4 Å². The molecular formula is C14H19NO4. The predicted octanol–water partition coefficient (Wildman–Crippen LogP) is 1.71. The van der Waals surface area contributed by atoms with Gasteiger partial charge >= 0.3 is 5.97 Å². The summed E-state index contributed by atoms with van der Waals surface area (Å²) in [6, 6.07) is 5.28. The van der Waals surface area contributed by atoms with Gasteiger partial charge in [-0.1, -0.05) is 19.9 Å². The van der Waals surface area contributed by atoms with Gasteiger partial charge in [-0.15, -0.1) is 0 Å². The Labute approximate surface area is 112 Å². The summed E-state index contributed by atoms with van der Waals surface area (Å²) in [6.45, 7) is 3.91. The quantitative estimate of drug-likeness (QED) is 0.795. The fourth-order valence-corrected chi connectivity index (χ4v) is 1.72. The van der Waals surface area contributed by atoms with Gasteiger partial charge in [0.15, 0.2) is 0 Å². The van der Waals surface area contributed by atoms with E-state index in [9.17, 15) is 14.7 Å². The Morgan fingerprint density at radius 2 is 2.05 bits per heavy atom. The SMILES string of the molecule is COC(=O)[C@@H](CC(C)C)NC(=O)c1cccc(O)c1. The zero-order chi connectivity index (χ0) is 14.4. The summed E-state index contributed by atoms with van der Waals surface area (Å²) >= 11 is 0. The normalized spacial score (nSPS) is 12.0. The van der Waals surface area contributed by atoms with E-state index in [1.807, 2.05) is 13.8 Å². The fourth-order valence-electron chi connectivity index (χ4n) is 1.72. The Morgan fingerprint density at radius 3 is 2.58 bits per heavy atom. The molecule has 0 aliphatic carbocycles. The Hall–Kier alpha value is -2.04. The molecule has 0 aliphatic rings. The molecule has 5 nitrogen and oxygen atoms in total. The maximum atomic E-state index is 12.0. The van der Waals surface area contributed by atoms with E-state index < -0.39 is 17.9 Å². The molecule has 19 heavy (non-hydrogen) atoms. The van der Waals surface area contributed by atoms with Crippen LogP contribution >= 0.6 is 0 Å². The summed E-state index contributed by atoms with van der Waals surface area (Å²) in [5.74, 6) is -0.631. The molecule has 0 unspecified atom stereocenters. The third-order valence-electron chi connectivity index (χ3n) is 2.61. The second kappa shape index (κ2) is 6.78. The molecule has 0 spiro atoms. The highest BCUT2D eigenvalue weighted by atomic mass is 16.5. The van der Waals surface area contributed by atoms with E-state index in [1.165, 1.54) is 19.2 Å². The zero-order valence-corrected chi connectivity index (χ0v) is 11.3. The van der Waals surface area contributed by atoms with Crippen LogP contribution in [0.15, 0.2) is 24.3 Å². The van der Waals surface area contributed by atoms with E-state index in [0.717, 1.165) is 0 Å². The van der Waals surface area contributed by atoms with Gasteiger partial charge in [0.05, 0.1) is 7.11 Å². The van der Waals surface area contributed by atoms with E-state index in [4.69, 9.17) is 0 Å². The lowest BCUT2D eigenvalue weighted by atomic mass is 10.0. The van der Waals surface area contributed by atoms with Crippen molar-refractivity contribution in [1.82, 2.24) is 5.32 Å². The van der Waals surface area contributed by atoms with Crippen molar-refractivity contribution in [2.45, 2.75) is 26.3 Å². The van der Waals surface area contributed by atoms with Crippen LogP contribution in [0.4, 0.5) is 0 Å². The Balaban J connectivity index is 2.78. The highest BCUT2D eigenvalue weighted by Crippen LogP contribution is 2.12. The first kappa shape index (κ1) is 15.0. The standard InChI is InChI=1S/C14H19NO4/c1-9(2)7-12(14(18)19-3)15-13(17)10-5-4-6-11(16)8-10/h4-6,8-9,12,16H,7H2,1-3H3,(H,15,17)/t12-/m1/s1. The van der Waals surface area contributed by atoms with Crippen molar-refractivity contribution >= 4 is 11.9 Å². The molecule has 0 saturated heterocycles. The van der Waals surface area contributed by atoms with Crippen LogP contribution in [0.5, 0.6) is 5.75 Å². The van der Waals surface area contributed by atoms with Crippen molar-refractivity contribution in [2.75, 3.05) is 7.11 Å². The summed E-state index contributed by atoms with van der Waals surface area (Å²) in [4.78, 5) is 23.6. The van der Waals surface area contributed by atoms with Crippen molar-refractivity contribution in [3.63, 3.8) is 0 Å². The number of ether oxygens (including phenoxy) is 1. The van der Waals surface area contributed by atoms with Gasteiger partial charge in [0.1, 0.15) is 11.8 Å². The second-order valence-corrected chi connectivity index (χ2v) is 4.73. The van der Waals surface area contributed by atoms with Gasteiger partial charge in [0, 0.05) is 5.56 Å². The molecule has 0 heterocycles. The first-order valence-electron chi connectivity index (χ1n) is 6.11. The first-order chi connectivity index (χ1) is 8.93. The topological polar surface area (TPSA) is 75.6 Å². The third kappa shape index (κ3) is 4.62. The number of carbonyl (C=O) groups is 2. The predicted molar refractivity (Wildman–Crippen MR) is 70.8 cm³/mol. The van der Waals surface area contributed by atoms with Gasteiger partial charge in [-0.05, 0) is 30.5 Å². The van der Waals surface area contributed by atoms with Crippen LogP contribution in [-0.2, 0) is 9.53 Å². The molecule has 5 heteroatoms. The van der Waals surface area contributed by atoms with E-state index in [0.29, 0.717) is 12.0 Å². The molecule has 1 aromatic carbocycles. The van der Waals surface area contributed by atoms with Crippen LogP contribution in [0.2, 0.25) is 0 Å². The van der Waals surface area contributed by atoms with Crippen LogP contribution in [0, 0.1) is 5.92 Å². The molecule has 1 aromatic rings. The van der Waals surface area contributed by atoms with Crippen LogP contribution in [0.1, 0.15) is 30.6 Å². The molecule has 0 fully saturated rings. The van der Waals surface area contributed by atoms with Gasteiger partial charge in [0.25, 0.3) is 5.91 Å². The Morgan fingerprint density at radius 1 is 1.37 bits per heavy atom. The second-order valence-electron chi connectivity index (χ2n) is 4.73. The number of aromatic hydroxyl groups is 1. The highest BCUT2D eigenvalue weighted by Gasteiger charge is 2.23. The first-order valence-corrected chi connectivity index (χ1v) is 6.11. The number of hydrogen-bond donors (Lipinski definition) is 2. The smallest absolute Gasteiger partial charge is 0.328 e. The third-order valence-corrected chi connectivity index (χ3v) is 2.61. The molecule has 1 atom stereocenters. The lowest BCUT2D eigenvalue weighted by Gasteiger charge is -2.18. The largest absolute Gasteiger partial charge is 0.508 e. The number of esters is 1. The Bertz CT molecular complexity index is 457. The summed E-state index contributed by atoms with van der Waals surface area (Å²) in [5, 5.41) is 11.9. The average molecular weight is 265 g/mol. The molecular weight excluding hydrogens is 246 g/mol. The van der Waals surface area contributed by atoms with E-state index in [2.05, 4.69) is 10.1 Å². The van der Waals surface area contributed by atoms with Crippen molar-refractivity contribution in [3.05, 3.63) is 29.8 Å². The van der Waals surface area contributed by atoms with Gasteiger partial charge in [-0.2, -0.15) is 0 Å². The monoisotopic (exact) mass is 265 g/mol. The molecule has 2 N–H and O–H groups in total. The number of methoxy groups -OCH3 is 1. The summed E-state index contributed by atoms with van der Waals surface area (Å²) in [6.07, 6.45) is 0.497. The summed E-state index contributed by atoms with van der Waals surface area (Å²) in [7, 11) is 1.29. The van der Waals surface area contributed by atoms with E-state index >= 15 is 0 Å². The fraction of sp³-hybridized carbons (Fsp3) is 0.429. The molecule has 1 amide bonds. The van der Waals surface area contributed by atoms with Crippen LogP contribution in [-0.4, -0.2) is 30.1 Å². The molecule has 1 rings (SSSR count). The molecule has 0 saturated carbocycles. The number of phenols is 1. The minimum atomic E-state index is -0.681. The molecule has 0 radical (unpaired) electrons. The number of carbonyl (C=O) groups excluding carboxylic acids is 2. The lowest BCUT2D eigenvalue weighted by Crippen LogP contribution is -2.42. The lowest BCUT2D eigenvalue weighted by molar-refractivity contribution is -0.143. The van der Waals surface area contributed by atoms with Gasteiger partial charge in [-0.3, -0.25) is 4.79 Å². The minimum absolute atomic E-state index is 0.00567. The molecule has 0 aliphatic heterocycles. The summed E-state index contributed by atoms with van der Waals surface area (Å²) in [5.41, 5.74) is 0.303. The van der Waals surface area contributed by atoms with E-state index in [-0.39, 0.29) is 11.7 Å². The van der Waals surface area contributed by atoms with Gasteiger partial charge < -0.3 is 15.2 Å². The van der Waals surface area contributed by atoms with Crippen LogP contribution in [0.25, 0.3) is 0 Å². The molecule has 104 valence electrons. The number of nitrogens with one attached hydrogen (secondary N) is 1. The number of phenolic OH excluding ortho intramolecular Hbond substituents is 1. The van der Waals surface area contributed by atoms with Gasteiger partial charge in [-0.25, -0.2) is 4.79 Å². The minimum Gasteiger partial charge on any atom is -0.508 e. The number of amides is 1. The number of benzene rings is 1. The van der Waals surface area contributed by atoms with E-state index in [1.54, 1.807) is 12.1 Å². The van der Waals surface area contributed by atoms with Crippen molar-refractivity contribution in [1.29, 1.82) is 0 Å². The highest BCUT2D eigenvalue weighted by molar-refractivity contribution is 5.97. The molecule has 0 bridgehead atoms. The zero-order valence-electron chi connectivity index (χ0n) is 11.3.